The van der Waals surface area contributed by atoms with Crippen molar-refractivity contribution in [3.8, 4) is 17.6 Å². The number of amides is 1. The first kappa shape index (κ1) is 27.5. The van der Waals surface area contributed by atoms with Crippen LogP contribution in [0.15, 0.2) is 42.0 Å². The maximum Gasteiger partial charge on any atom is 0.416 e. The third kappa shape index (κ3) is 6.98. The third-order valence-electron chi connectivity index (χ3n) is 4.74. The first-order valence-corrected chi connectivity index (χ1v) is 10.9. The Morgan fingerprint density at radius 2 is 1.81 bits per heavy atom. The van der Waals surface area contributed by atoms with E-state index in [9.17, 15) is 36.4 Å². The lowest BCUT2D eigenvalue weighted by Gasteiger charge is -2.17. The van der Waals surface area contributed by atoms with Crippen molar-refractivity contribution >= 4 is 28.5 Å². The van der Waals surface area contributed by atoms with Crippen molar-refractivity contribution in [2.24, 2.45) is 0 Å². The minimum atomic E-state index is -5.04. The Balaban J connectivity index is 1.82. The summed E-state index contributed by atoms with van der Waals surface area (Å²) < 4.78 is 89.4. The van der Waals surface area contributed by atoms with Crippen molar-refractivity contribution in [2.45, 2.75) is 25.9 Å². The number of hydrogen-bond donors (Lipinski definition) is 1. The second-order valence-corrected chi connectivity index (χ2v) is 8.50. The van der Waals surface area contributed by atoms with Gasteiger partial charge in [0.05, 0.1) is 18.2 Å². The lowest BCUT2D eigenvalue weighted by molar-refractivity contribution is -0.143. The Kier molecular flexibility index (Phi) is 8.07. The summed E-state index contributed by atoms with van der Waals surface area (Å²) in [4.78, 5) is 12.4. The molecule has 194 valence electrons. The van der Waals surface area contributed by atoms with Gasteiger partial charge in [-0.05, 0) is 42.8 Å². The molecule has 0 saturated heterocycles. The number of hydrogen-bond acceptors (Lipinski definition) is 7. The number of ether oxygens (including phenoxy) is 2. The summed E-state index contributed by atoms with van der Waals surface area (Å²) in [7, 11) is 1.25. The van der Waals surface area contributed by atoms with Crippen molar-refractivity contribution in [1.82, 2.24) is 10.2 Å². The molecule has 0 saturated carbocycles. The number of carbonyl (C=O) groups excluding carboxylic acids is 1. The van der Waals surface area contributed by atoms with Crippen LogP contribution in [0.25, 0.3) is 6.08 Å². The van der Waals surface area contributed by atoms with Gasteiger partial charge < -0.3 is 9.47 Å². The third-order valence-corrected chi connectivity index (χ3v) is 5.49. The van der Waals surface area contributed by atoms with Gasteiger partial charge in [0.1, 0.15) is 23.3 Å². The molecule has 1 N–H and O–H groups in total. The van der Waals surface area contributed by atoms with Gasteiger partial charge in [0.25, 0.3) is 5.91 Å². The predicted molar refractivity (Wildman–Crippen MR) is 121 cm³/mol. The van der Waals surface area contributed by atoms with E-state index in [1.807, 2.05) is 0 Å². The van der Waals surface area contributed by atoms with E-state index in [2.05, 4.69) is 15.5 Å². The minimum Gasteiger partial charge on any atom is -0.493 e. The zero-order chi connectivity index (χ0) is 27.4. The maximum atomic E-state index is 13.4. The zero-order valence-corrected chi connectivity index (χ0v) is 19.8. The van der Waals surface area contributed by atoms with Gasteiger partial charge in [-0.1, -0.05) is 23.5 Å². The second-order valence-electron chi connectivity index (χ2n) is 7.32. The van der Waals surface area contributed by atoms with Gasteiger partial charge >= 0.3 is 12.4 Å². The van der Waals surface area contributed by atoms with E-state index >= 15 is 0 Å². The molecular formula is C23H16F6N4O3S. The Morgan fingerprint density at radius 1 is 1.08 bits per heavy atom. The number of nitrogens with zero attached hydrogens (tertiary/aromatic N) is 3. The zero-order valence-electron chi connectivity index (χ0n) is 19.0. The fraction of sp³-hybridized carbons (Fsp3) is 0.217. The van der Waals surface area contributed by atoms with Gasteiger partial charge in [0.15, 0.2) is 11.5 Å². The number of benzene rings is 2. The van der Waals surface area contributed by atoms with Crippen LogP contribution >= 0.6 is 11.3 Å². The predicted octanol–water partition coefficient (Wildman–Crippen LogP) is 6.02. The number of methoxy groups -OCH3 is 1. The molecule has 0 bridgehead atoms. The number of anilines is 1. The van der Waals surface area contributed by atoms with E-state index in [4.69, 9.17) is 9.47 Å². The molecule has 3 aromatic rings. The van der Waals surface area contributed by atoms with Crippen LogP contribution in [0.4, 0.5) is 31.5 Å². The lowest BCUT2D eigenvalue weighted by atomic mass is 10.0. The molecule has 1 aromatic heterocycles. The summed E-state index contributed by atoms with van der Waals surface area (Å²) in [5.74, 6) is -0.702. The average Bonchev–Trinajstić information content (AvgIpc) is 3.24. The van der Waals surface area contributed by atoms with Gasteiger partial charge in [-0.2, -0.15) is 31.6 Å². The van der Waals surface area contributed by atoms with Crippen molar-refractivity contribution in [3.63, 3.8) is 0 Å². The largest absolute Gasteiger partial charge is 0.493 e. The van der Waals surface area contributed by atoms with E-state index < -0.39 is 41.6 Å². The number of aromatic nitrogens is 2. The highest BCUT2D eigenvalue weighted by atomic mass is 32.1. The summed E-state index contributed by atoms with van der Waals surface area (Å²) in [6.45, 7) is 0.984. The number of alkyl halides is 6. The summed E-state index contributed by atoms with van der Waals surface area (Å²) in [6, 6.07) is 7.13. The van der Waals surface area contributed by atoms with Gasteiger partial charge in [0.2, 0.25) is 5.13 Å². The summed E-state index contributed by atoms with van der Waals surface area (Å²) in [6.07, 6.45) is -8.74. The lowest BCUT2D eigenvalue weighted by Crippen LogP contribution is -2.14. The van der Waals surface area contributed by atoms with Crippen LogP contribution in [0.5, 0.6) is 11.5 Å². The molecule has 0 aliphatic rings. The first-order chi connectivity index (χ1) is 17.3. The number of carbonyl (C=O) groups is 1. The molecule has 37 heavy (non-hydrogen) atoms. The maximum absolute atomic E-state index is 13.4. The fourth-order valence-electron chi connectivity index (χ4n) is 3.02. The van der Waals surface area contributed by atoms with Gasteiger partial charge in [-0.25, -0.2) is 0 Å². The van der Waals surface area contributed by atoms with Crippen LogP contribution in [0.2, 0.25) is 0 Å². The highest BCUT2D eigenvalue weighted by Crippen LogP contribution is 2.38. The Morgan fingerprint density at radius 3 is 2.38 bits per heavy atom. The number of aryl methyl sites for hydroxylation is 1. The topological polar surface area (TPSA) is 97.1 Å². The van der Waals surface area contributed by atoms with E-state index in [1.54, 1.807) is 13.0 Å². The SMILES string of the molecule is COc1cc(/C=C(\C#N)C(=O)Nc2nnc(C)s2)ccc1OCc1ccc(C(F)(F)F)cc1C(F)(F)F. The smallest absolute Gasteiger partial charge is 0.416 e. The molecule has 0 fully saturated rings. The minimum absolute atomic E-state index is 0.0139. The second kappa shape index (κ2) is 10.9. The molecule has 2 aromatic carbocycles. The summed E-state index contributed by atoms with van der Waals surface area (Å²) in [5, 5.41) is 20.1. The molecule has 1 heterocycles. The van der Waals surface area contributed by atoms with Crippen LogP contribution in [-0.4, -0.2) is 23.2 Å². The molecule has 0 aliphatic heterocycles. The summed E-state index contributed by atoms with van der Waals surface area (Å²) >= 11 is 1.11. The van der Waals surface area contributed by atoms with Crippen LogP contribution in [-0.2, 0) is 23.8 Å². The molecule has 7 nitrogen and oxygen atoms in total. The highest BCUT2D eigenvalue weighted by Gasteiger charge is 2.38. The van der Waals surface area contributed by atoms with E-state index in [-0.39, 0.29) is 28.3 Å². The van der Waals surface area contributed by atoms with Crippen LogP contribution in [0, 0.1) is 18.3 Å². The van der Waals surface area contributed by atoms with Gasteiger partial charge in [0, 0.05) is 5.56 Å². The van der Waals surface area contributed by atoms with Crippen molar-refractivity contribution in [3.05, 3.63) is 69.2 Å². The molecular weight excluding hydrogens is 526 g/mol. The van der Waals surface area contributed by atoms with Gasteiger partial charge in [-0.15, -0.1) is 10.2 Å². The molecule has 3 rings (SSSR count). The Hall–Kier alpha value is -4.12. The van der Waals surface area contributed by atoms with Gasteiger partial charge in [-0.3, -0.25) is 10.1 Å². The van der Waals surface area contributed by atoms with Crippen LogP contribution in [0.3, 0.4) is 0 Å². The fourth-order valence-corrected chi connectivity index (χ4v) is 3.60. The molecule has 0 aliphatic carbocycles. The van der Waals surface area contributed by atoms with Crippen LogP contribution < -0.4 is 14.8 Å². The van der Waals surface area contributed by atoms with Crippen LogP contribution in [0.1, 0.15) is 27.3 Å². The van der Waals surface area contributed by atoms with E-state index in [0.717, 1.165) is 11.3 Å². The normalized spacial score (nSPS) is 12.1. The molecule has 1 amide bonds. The Labute approximate surface area is 210 Å². The van der Waals surface area contributed by atoms with Crippen molar-refractivity contribution < 1.29 is 40.6 Å². The van der Waals surface area contributed by atoms with E-state index in [0.29, 0.717) is 22.7 Å². The average molecular weight is 542 g/mol. The number of rotatable bonds is 7. The van der Waals surface area contributed by atoms with Crippen molar-refractivity contribution in [1.29, 1.82) is 5.26 Å². The van der Waals surface area contributed by atoms with E-state index in [1.165, 1.54) is 31.4 Å². The standard InChI is InChI=1S/C23H16F6N4O3S/c1-12-32-33-21(37-12)31-20(34)15(10-30)7-13-3-6-18(19(8-13)35-2)36-11-14-4-5-16(22(24,25)26)9-17(14)23(27,28)29/h3-9H,11H2,1-2H3,(H,31,33,34)/b15-7+. The molecule has 0 atom stereocenters. The molecule has 0 radical (unpaired) electrons. The number of halogens is 6. The van der Waals surface area contributed by atoms with Crippen molar-refractivity contribution in [2.75, 3.05) is 12.4 Å². The molecule has 0 unspecified atom stereocenters. The highest BCUT2D eigenvalue weighted by molar-refractivity contribution is 7.15. The number of nitrogens with one attached hydrogen (secondary N) is 1. The summed E-state index contributed by atoms with van der Waals surface area (Å²) in [5.41, 5.74) is -3.37. The molecule has 0 spiro atoms. The molecule has 14 heteroatoms. The monoisotopic (exact) mass is 542 g/mol. The first-order valence-electron chi connectivity index (χ1n) is 10.1. The quantitative estimate of drug-likeness (QED) is 0.223. The number of nitriles is 1. The Bertz CT molecular complexity index is 1380.